The zero-order valence-electron chi connectivity index (χ0n) is 8.22. The summed E-state index contributed by atoms with van der Waals surface area (Å²) in [7, 11) is 0. The number of hydrogen-bond donors (Lipinski definition) is 0. The van der Waals surface area contributed by atoms with Gasteiger partial charge in [0, 0.05) is 0 Å². The number of halogens is 1. The lowest BCUT2D eigenvalue weighted by Gasteiger charge is -2.32. The fraction of sp³-hybridized carbons (Fsp3) is 0.900. The molecule has 0 aromatic heterocycles. The highest BCUT2D eigenvalue weighted by atomic mass is 19.1. The third-order valence-corrected chi connectivity index (χ3v) is 2.90. The van der Waals surface area contributed by atoms with E-state index in [0.29, 0.717) is 0 Å². The van der Waals surface area contributed by atoms with Crippen molar-refractivity contribution in [3.8, 4) is 0 Å². The van der Waals surface area contributed by atoms with Gasteiger partial charge in [-0.05, 0) is 45.4 Å². The minimum Gasteiger partial charge on any atom is -0.244 e. The molecule has 0 aliphatic heterocycles. The zero-order valence-corrected chi connectivity index (χ0v) is 8.22. The van der Waals surface area contributed by atoms with E-state index in [0.717, 1.165) is 25.7 Å². The number of aliphatic imine (C=N–C) groups is 1. The molecular formula is C10H16FNO. The lowest BCUT2D eigenvalue weighted by Crippen LogP contribution is -2.31. The van der Waals surface area contributed by atoms with Gasteiger partial charge in [0.2, 0.25) is 6.08 Å². The van der Waals surface area contributed by atoms with Gasteiger partial charge >= 0.3 is 0 Å². The molecule has 0 radical (unpaired) electrons. The van der Waals surface area contributed by atoms with Crippen LogP contribution in [0.1, 0.15) is 39.5 Å². The third-order valence-electron chi connectivity index (χ3n) is 2.90. The molecule has 0 heterocycles. The van der Waals surface area contributed by atoms with Crippen LogP contribution in [0.15, 0.2) is 4.99 Å². The summed E-state index contributed by atoms with van der Waals surface area (Å²) in [5.74, 6) is 0.130. The van der Waals surface area contributed by atoms with Gasteiger partial charge in [-0.25, -0.2) is 14.2 Å². The number of carbonyl (C=O) groups excluding carboxylic acids is 1. The maximum absolute atomic E-state index is 13.5. The van der Waals surface area contributed by atoms with Crippen molar-refractivity contribution in [2.45, 2.75) is 51.2 Å². The van der Waals surface area contributed by atoms with Crippen molar-refractivity contribution in [1.29, 1.82) is 0 Å². The average Bonchev–Trinajstić information content (AvgIpc) is 2.04. The molecule has 1 aliphatic carbocycles. The highest BCUT2D eigenvalue weighted by Crippen LogP contribution is 2.35. The summed E-state index contributed by atoms with van der Waals surface area (Å²) in [4.78, 5) is 13.7. The van der Waals surface area contributed by atoms with Crippen LogP contribution in [0.5, 0.6) is 0 Å². The van der Waals surface area contributed by atoms with Crippen molar-refractivity contribution in [3.05, 3.63) is 0 Å². The van der Waals surface area contributed by atoms with Crippen LogP contribution in [-0.2, 0) is 4.79 Å². The minimum absolute atomic E-state index is 0.0936. The Morgan fingerprint density at radius 1 is 1.31 bits per heavy atom. The molecule has 1 fully saturated rings. The van der Waals surface area contributed by atoms with E-state index in [1.54, 1.807) is 19.9 Å². The molecule has 1 aliphatic rings. The summed E-state index contributed by atoms with van der Waals surface area (Å²) in [6, 6.07) is 0.0936. The van der Waals surface area contributed by atoms with E-state index in [9.17, 15) is 9.18 Å². The standard InChI is InChI=1S/C10H16FNO/c1-10(2,11)8-3-5-9(6-4-8)12-7-13/h8-9H,3-6H2,1-2H3. The van der Waals surface area contributed by atoms with Crippen LogP contribution in [0.4, 0.5) is 4.39 Å². The molecule has 0 aromatic rings. The van der Waals surface area contributed by atoms with Crippen molar-refractivity contribution < 1.29 is 9.18 Å². The largest absolute Gasteiger partial charge is 0.244 e. The van der Waals surface area contributed by atoms with E-state index < -0.39 is 5.67 Å². The Labute approximate surface area is 78.2 Å². The highest BCUT2D eigenvalue weighted by molar-refractivity contribution is 5.33. The van der Waals surface area contributed by atoms with E-state index in [2.05, 4.69) is 4.99 Å². The Morgan fingerprint density at radius 3 is 2.23 bits per heavy atom. The van der Waals surface area contributed by atoms with Gasteiger partial charge in [-0.2, -0.15) is 0 Å². The van der Waals surface area contributed by atoms with Crippen molar-refractivity contribution in [1.82, 2.24) is 0 Å². The maximum atomic E-state index is 13.5. The van der Waals surface area contributed by atoms with Gasteiger partial charge in [0.25, 0.3) is 0 Å². The Morgan fingerprint density at radius 2 is 1.85 bits per heavy atom. The van der Waals surface area contributed by atoms with Gasteiger partial charge in [-0.15, -0.1) is 0 Å². The van der Waals surface area contributed by atoms with E-state index >= 15 is 0 Å². The number of hydrogen-bond acceptors (Lipinski definition) is 2. The zero-order chi connectivity index (χ0) is 9.90. The van der Waals surface area contributed by atoms with Crippen LogP contribution in [0.2, 0.25) is 0 Å². The second-order valence-corrected chi connectivity index (χ2v) is 4.29. The van der Waals surface area contributed by atoms with E-state index in [4.69, 9.17) is 0 Å². The van der Waals surface area contributed by atoms with Crippen LogP contribution < -0.4 is 0 Å². The molecule has 3 heteroatoms. The molecule has 0 N–H and O–H groups in total. The molecule has 1 saturated carbocycles. The second kappa shape index (κ2) is 4.01. The highest BCUT2D eigenvalue weighted by Gasteiger charge is 2.32. The summed E-state index contributed by atoms with van der Waals surface area (Å²) in [6.45, 7) is 3.25. The molecule has 0 unspecified atom stereocenters. The number of alkyl halides is 1. The molecule has 74 valence electrons. The van der Waals surface area contributed by atoms with Crippen LogP contribution in [0.25, 0.3) is 0 Å². The van der Waals surface area contributed by atoms with Crippen molar-refractivity contribution in [2.75, 3.05) is 0 Å². The molecule has 13 heavy (non-hydrogen) atoms. The van der Waals surface area contributed by atoms with Gasteiger partial charge in [-0.3, -0.25) is 0 Å². The Balaban J connectivity index is 2.43. The summed E-state index contributed by atoms with van der Waals surface area (Å²) in [5.41, 5.74) is -1.09. The Bertz CT molecular complexity index is 207. The normalized spacial score (nSPS) is 29.5. The quantitative estimate of drug-likeness (QED) is 0.480. The summed E-state index contributed by atoms with van der Waals surface area (Å²) in [5, 5.41) is 0. The van der Waals surface area contributed by atoms with Gasteiger partial charge in [0.1, 0.15) is 5.67 Å². The molecular weight excluding hydrogens is 169 g/mol. The molecule has 0 saturated heterocycles. The molecule has 0 aromatic carbocycles. The fourth-order valence-electron chi connectivity index (χ4n) is 1.97. The van der Waals surface area contributed by atoms with Crippen LogP contribution in [0.3, 0.4) is 0 Å². The van der Waals surface area contributed by atoms with E-state index in [1.165, 1.54) is 0 Å². The molecule has 0 bridgehead atoms. The summed E-state index contributed by atoms with van der Waals surface area (Å²) in [6.07, 6.45) is 4.89. The lowest BCUT2D eigenvalue weighted by atomic mass is 9.78. The summed E-state index contributed by atoms with van der Waals surface area (Å²) >= 11 is 0. The minimum atomic E-state index is -1.09. The number of isocyanates is 1. The number of nitrogens with zero attached hydrogens (tertiary/aromatic N) is 1. The predicted molar refractivity (Wildman–Crippen MR) is 49.1 cm³/mol. The molecule has 1 rings (SSSR count). The van der Waals surface area contributed by atoms with Crippen molar-refractivity contribution in [3.63, 3.8) is 0 Å². The lowest BCUT2D eigenvalue weighted by molar-refractivity contribution is 0.0901. The van der Waals surface area contributed by atoms with Gasteiger partial charge < -0.3 is 0 Å². The monoisotopic (exact) mass is 185 g/mol. The first-order valence-corrected chi connectivity index (χ1v) is 4.80. The van der Waals surface area contributed by atoms with Gasteiger partial charge in [0.05, 0.1) is 6.04 Å². The molecule has 0 atom stereocenters. The fourth-order valence-corrected chi connectivity index (χ4v) is 1.97. The summed E-state index contributed by atoms with van der Waals surface area (Å²) < 4.78 is 13.5. The van der Waals surface area contributed by atoms with Crippen molar-refractivity contribution in [2.24, 2.45) is 10.9 Å². The Kier molecular flexibility index (Phi) is 3.21. The van der Waals surface area contributed by atoms with Gasteiger partial charge in [-0.1, -0.05) is 0 Å². The first-order chi connectivity index (χ1) is 6.04. The first-order valence-electron chi connectivity index (χ1n) is 4.80. The Hall–Kier alpha value is -0.690. The van der Waals surface area contributed by atoms with Crippen LogP contribution in [0, 0.1) is 5.92 Å². The smallest absolute Gasteiger partial charge is 0.235 e. The number of rotatable bonds is 2. The SMILES string of the molecule is CC(C)(F)C1CCC(N=C=O)CC1. The predicted octanol–water partition coefficient (Wildman–Crippen LogP) is 2.63. The molecule has 0 spiro atoms. The van der Waals surface area contributed by atoms with E-state index in [1.807, 2.05) is 0 Å². The van der Waals surface area contributed by atoms with Crippen molar-refractivity contribution >= 4 is 6.08 Å². The van der Waals surface area contributed by atoms with Crippen LogP contribution in [-0.4, -0.2) is 17.8 Å². The third kappa shape index (κ3) is 2.92. The second-order valence-electron chi connectivity index (χ2n) is 4.29. The van der Waals surface area contributed by atoms with Gasteiger partial charge in [0.15, 0.2) is 0 Å². The average molecular weight is 185 g/mol. The maximum Gasteiger partial charge on any atom is 0.235 e. The van der Waals surface area contributed by atoms with Crippen LogP contribution >= 0.6 is 0 Å². The topological polar surface area (TPSA) is 29.4 Å². The first kappa shape index (κ1) is 10.4. The molecule has 0 amide bonds. The molecule has 2 nitrogen and oxygen atoms in total. The van der Waals surface area contributed by atoms with E-state index in [-0.39, 0.29) is 12.0 Å².